The number of benzene rings is 10. The van der Waals surface area contributed by atoms with Crippen molar-refractivity contribution < 1.29 is 0 Å². The molecule has 0 N–H and O–H groups in total. The Hall–Kier alpha value is -7.62. The molecular weight excluding hydrogens is 691 g/mol. The van der Waals surface area contributed by atoms with Crippen LogP contribution in [-0.2, 0) is 0 Å². The third-order valence-corrected chi connectivity index (χ3v) is 11.8. The lowest BCUT2D eigenvalue weighted by molar-refractivity contribution is 1.18. The molecule has 0 atom stereocenters. The normalized spacial score (nSPS) is 12.2. The van der Waals surface area contributed by atoms with Gasteiger partial charge in [-0.05, 0) is 99.9 Å². The number of hydrogen-bond donors (Lipinski definition) is 0. The smallest absolute Gasteiger partial charge is 0.0561 e. The van der Waals surface area contributed by atoms with Crippen LogP contribution in [0.4, 0.5) is 34.1 Å². The van der Waals surface area contributed by atoms with Crippen molar-refractivity contribution in [2.75, 3.05) is 9.80 Å². The van der Waals surface area contributed by atoms with Crippen molar-refractivity contribution in [2.45, 2.75) is 0 Å². The van der Waals surface area contributed by atoms with E-state index in [1.807, 2.05) is 0 Å². The standard InChI is InChI=1S/C54H35N3/c1-2-18-39(19-3-1)56-49-24-9-8-22-45(49)46-33-32-42(35-52(46)56)55(48-25-11-15-36-13-4-6-20-43(36)48)40-28-30-41(31-29-40)57-50-26-12-17-38-16-10-23-47(53(38)50)54-44-21-7-5-14-37(44)27-34-51(54)57/h1-35H. The summed E-state index contributed by atoms with van der Waals surface area (Å²) in [5.41, 5.74) is 12.9. The first kappa shape index (κ1) is 31.7. The van der Waals surface area contributed by atoms with Crippen molar-refractivity contribution in [3.8, 4) is 16.8 Å². The Kier molecular flexibility index (Phi) is 6.93. The highest BCUT2D eigenvalue weighted by molar-refractivity contribution is 6.19. The molecule has 1 aromatic heterocycles. The minimum absolute atomic E-state index is 1.09. The van der Waals surface area contributed by atoms with Crippen molar-refractivity contribution in [1.29, 1.82) is 0 Å². The van der Waals surface area contributed by atoms with Gasteiger partial charge < -0.3 is 14.4 Å². The molecule has 0 radical (unpaired) electrons. The fraction of sp³-hybridized carbons (Fsp3) is 0. The van der Waals surface area contributed by atoms with E-state index in [1.54, 1.807) is 0 Å². The van der Waals surface area contributed by atoms with Gasteiger partial charge in [0.25, 0.3) is 0 Å². The Labute approximate surface area is 330 Å². The summed E-state index contributed by atoms with van der Waals surface area (Å²) < 4.78 is 2.40. The summed E-state index contributed by atoms with van der Waals surface area (Å²) in [6.45, 7) is 0. The SMILES string of the molecule is c1ccc(-n2c3ccccc3c3ccc(N(c4ccc(N5c6ccc7ccccc7c6-c6cccc7cccc5c67)cc4)c4cccc5ccccc45)cc32)cc1. The zero-order valence-electron chi connectivity index (χ0n) is 31.0. The van der Waals surface area contributed by atoms with Gasteiger partial charge in [-0.1, -0.05) is 140 Å². The summed E-state index contributed by atoms with van der Waals surface area (Å²) in [6, 6.07) is 77.5. The minimum Gasteiger partial charge on any atom is -0.310 e. The Bertz CT molecular complexity index is 3350. The van der Waals surface area contributed by atoms with Gasteiger partial charge in [0, 0.05) is 49.9 Å². The van der Waals surface area contributed by atoms with E-state index in [-0.39, 0.29) is 0 Å². The number of hydrogen-bond acceptors (Lipinski definition) is 2. The van der Waals surface area contributed by atoms with E-state index >= 15 is 0 Å². The van der Waals surface area contributed by atoms with Crippen molar-refractivity contribution in [3.05, 3.63) is 212 Å². The molecule has 0 spiro atoms. The molecule has 1 aliphatic heterocycles. The fourth-order valence-corrected chi connectivity index (χ4v) is 9.39. The molecular formula is C54H35N3. The van der Waals surface area contributed by atoms with Gasteiger partial charge in [0.15, 0.2) is 0 Å². The van der Waals surface area contributed by atoms with Crippen LogP contribution in [0.25, 0.3) is 70.9 Å². The average Bonchev–Trinajstić information content (AvgIpc) is 3.61. The van der Waals surface area contributed by atoms with Gasteiger partial charge in [-0.2, -0.15) is 0 Å². The molecule has 0 saturated heterocycles. The van der Waals surface area contributed by atoms with Crippen LogP contribution in [0.5, 0.6) is 0 Å². The van der Waals surface area contributed by atoms with Gasteiger partial charge in [0.05, 0.1) is 28.1 Å². The van der Waals surface area contributed by atoms with E-state index in [4.69, 9.17) is 0 Å². The van der Waals surface area contributed by atoms with Gasteiger partial charge in [0.1, 0.15) is 0 Å². The van der Waals surface area contributed by atoms with Crippen LogP contribution in [0.3, 0.4) is 0 Å². The molecule has 2 heterocycles. The maximum absolute atomic E-state index is 2.45. The monoisotopic (exact) mass is 725 g/mol. The number of aromatic nitrogens is 1. The molecule has 3 heteroatoms. The maximum atomic E-state index is 2.45. The summed E-state index contributed by atoms with van der Waals surface area (Å²) in [5, 5.41) is 9.93. The average molecular weight is 726 g/mol. The summed E-state index contributed by atoms with van der Waals surface area (Å²) >= 11 is 0. The molecule has 12 rings (SSSR count). The summed E-state index contributed by atoms with van der Waals surface area (Å²) in [7, 11) is 0. The van der Waals surface area contributed by atoms with Crippen LogP contribution in [0.1, 0.15) is 0 Å². The lowest BCUT2D eigenvalue weighted by Crippen LogP contribution is -2.16. The lowest BCUT2D eigenvalue weighted by atomic mass is 9.87. The van der Waals surface area contributed by atoms with E-state index in [0.717, 1.165) is 28.4 Å². The van der Waals surface area contributed by atoms with Gasteiger partial charge in [0.2, 0.25) is 0 Å². The Balaban J connectivity index is 1.07. The van der Waals surface area contributed by atoms with E-state index in [2.05, 4.69) is 227 Å². The van der Waals surface area contributed by atoms with Gasteiger partial charge in [-0.3, -0.25) is 0 Å². The predicted molar refractivity (Wildman–Crippen MR) is 242 cm³/mol. The second-order valence-corrected chi connectivity index (χ2v) is 14.9. The second kappa shape index (κ2) is 12.5. The number of para-hydroxylation sites is 2. The highest BCUT2D eigenvalue weighted by Gasteiger charge is 2.28. The van der Waals surface area contributed by atoms with Crippen molar-refractivity contribution in [3.63, 3.8) is 0 Å². The van der Waals surface area contributed by atoms with E-state index in [0.29, 0.717) is 0 Å². The Morgan fingerprint density at radius 3 is 1.82 bits per heavy atom. The Morgan fingerprint density at radius 2 is 0.982 bits per heavy atom. The quantitative estimate of drug-likeness (QED) is 0.175. The molecule has 3 nitrogen and oxygen atoms in total. The number of anilines is 6. The summed E-state index contributed by atoms with van der Waals surface area (Å²) in [5.74, 6) is 0. The van der Waals surface area contributed by atoms with Crippen LogP contribution in [0, 0.1) is 0 Å². The largest absolute Gasteiger partial charge is 0.310 e. The van der Waals surface area contributed by atoms with Crippen molar-refractivity contribution >= 4 is 88.2 Å². The van der Waals surface area contributed by atoms with Crippen LogP contribution in [0.2, 0.25) is 0 Å². The first-order valence-corrected chi connectivity index (χ1v) is 19.6. The number of fused-ring (bicyclic) bond motifs is 8. The zero-order valence-corrected chi connectivity index (χ0v) is 31.0. The topological polar surface area (TPSA) is 11.4 Å². The fourth-order valence-electron chi connectivity index (χ4n) is 9.39. The maximum Gasteiger partial charge on any atom is 0.0561 e. The van der Waals surface area contributed by atoms with Gasteiger partial charge in [-0.15, -0.1) is 0 Å². The molecule has 0 saturated carbocycles. The second-order valence-electron chi connectivity index (χ2n) is 14.9. The number of nitrogens with zero attached hydrogens (tertiary/aromatic N) is 3. The van der Waals surface area contributed by atoms with Crippen LogP contribution < -0.4 is 9.80 Å². The van der Waals surface area contributed by atoms with Crippen LogP contribution in [0.15, 0.2) is 212 Å². The first-order valence-electron chi connectivity index (χ1n) is 19.6. The highest BCUT2D eigenvalue weighted by Crippen LogP contribution is 2.53. The molecule has 0 unspecified atom stereocenters. The van der Waals surface area contributed by atoms with Crippen molar-refractivity contribution in [2.24, 2.45) is 0 Å². The number of rotatable bonds is 5. The molecule has 0 fully saturated rings. The molecule has 0 bridgehead atoms. The molecule has 0 aliphatic carbocycles. The predicted octanol–water partition coefficient (Wildman–Crippen LogP) is 15.2. The Morgan fingerprint density at radius 1 is 0.351 bits per heavy atom. The lowest BCUT2D eigenvalue weighted by Gasteiger charge is -2.34. The molecule has 266 valence electrons. The molecule has 1 aliphatic rings. The molecule has 0 amide bonds. The first-order chi connectivity index (χ1) is 28.3. The van der Waals surface area contributed by atoms with Crippen LogP contribution in [-0.4, -0.2) is 4.57 Å². The van der Waals surface area contributed by atoms with Crippen LogP contribution >= 0.6 is 0 Å². The molecule has 57 heavy (non-hydrogen) atoms. The van der Waals surface area contributed by atoms with E-state index in [9.17, 15) is 0 Å². The van der Waals surface area contributed by atoms with E-state index < -0.39 is 0 Å². The molecule has 11 aromatic rings. The van der Waals surface area contributed by atoms with Crippen molar-refractivity contribution in [1.82, 2.24) is 4.57 Å². The zero-order chi connectivity index (χ0) is 37.5. The third kappa shape index (κ3) is 4.79. The summed E-state index contributed by atoms with van der Waals surface area (Å²) in [6.07, 6.45) is 0. The third-order valence-electron chi connectivity index (χ3n) is 11.8. The van der Waals surface area contributed by atoms with Gasteiger partial charge in [-0.25, -0.2) is 0 Å². The van der Waals surface area contributed by atoms with Gasteiger partial charge >= 0.3 is 0 Å². The molecule has 10 aromatic carbocycles. The van der Waals surface area contributed by atoms with E-state index in [1.165, 1.54) is 76.6 Å². The summed E-state index contributed by atoms with van der Waals surface area (Å²) in [4.78, 5) is 4.87. The minimum atomic E-state index is 1.09. The highest BCUT2D eigenvalue weighted by atomic mass is 15.2.